The Bertz CT molecular complexity index is 563. The minimum atomic E-state index is -4.77. The molecule has 0 radical (unpaired) electrons. The summed E-state index contributed by atoms with van der Waals surface area (Å²) in [7, 11) is -3.04. The van der Waals surface area contributed by atoms with Gasteiger partial charge in [0.2, 0.25) is 0 Å². The van der Waals surface area contributed by atoms with Crippen molar-refractivity contribution in [2.24, 2.45) is 0 Å². The van der Waals surface area contributed by atoms with Crippen LogP contribution in [0.15, 0.2) is 29.3 Å². The summed E-state index contributed by atoms with van der Waals surface area (Å²) in [5.74, 6) is 0. The van der Waals surface area contributed by atoms with Crippen molar-refractivity contribution in [3.63, 3.8) is 0 Å². The maximum atomic E-state index is 12.3. The van der Waals surface area contributed by atoms with Crippen molar-refractivity contribution in [1.82, 2.24) is 4.98 Å². The predicted octanol–water partition coefficient (Wildman–Crippen LogP) is 3.45. The second-order valence-electron chi connectivity index (χ2n) is 3.06. The lowest BCUT2D eigenvalue weighted by Gasteiger charge is -2.04. The van der Waals surface area contributed by atoms with E-state index in [9.17, 15) is 17.4 Å². The second-order valence-corrected chi connectivity index (χ2v) is 4.93. The summed E-state index contributed by atoms with van der Waals surface area (Å²) in [6.07, 6.45) is 1.09. The summed E-state index contributed by atoms with van der Waals surface area (Å²) in [6.45, 7) is 0. The standard InChI is InChI=1S/C9H5ClF3NOS/c10-5-1-2-7-6(3-5)8(4-14-7)16(15)9(11,12)13/h1-4,14H. The van der Waals surface area contributed by atoms with Crippen molar-refractivity contribution in [1.29, 1.82) is 0 Å². The molecule has 0 amide bonds. The van der Waals surface area contributed by atoms with Crippen molar-refractivity contribution in [3.8, 4) is 0 Å². The first-order valence-electron chi connectivity index (χ1n) is 4.15. The largest absolute Gasteiger partial charge is 0.475 e. The summed E-state index contributed by atoms with van der Waals surface area (Å²) < 4.78 is 48.1. The first-order chi connectivity index (χ1) is 7.39. The minimum absolute atomic E-state index is 0.225. The van der Waals surface area contributed by atoms with E-state index in [0.717, 1.165) is 6.20 Å². The molecule has 1 aromatic carbocycles. The Balaban J connectivity index is 2.62. The first kappa shape index (κ1) is 11.5. The highest BCUT2D eigenvalue weighted by atomic mass is 35.5. The number of halogens is 4. The maximum absolute atomic E-state index is 12.3. The number of aromatic nitrogens is 1. The van der Waals surface area contributed by atoms with Crippen LogP contribution in [0.3, 0.4) is 0 Å². The summed E-state index contributed by atoms with van der Waals surface area (Å²) in [6, 6.07) is 4.43. The molecule has 1 heterocycles. The summed E-state index contributed by atoms with van der Waals surface area (Å²) in [5, 5.41) is 0.524. The highest BCUT2D eigenvalue weighted by Crippen LogP contribution is 2.32. The van der Waals surface area contributed by atoms with Crippen molar-refractivity contribution in [2.45, 2.75) is 10.4 Å². The van der Waals surface area contributed by atoms with Crippen molar-refractivity contribution in [2.75, 3.05) is 0 Å². The van der Waals surface area contributed by atoms with Gasteiger partial charge in [-0.1, -0.05) is 11.6 Å². The van der Waals surface area contributed by atoms with E-state index in [1.807, 2.05) is 0 Å². The lowest BCUT2D eigenvalue weighted by molar-refractivity contribution is -0.0384. The minimum Gasteiger partial charge on any atom is -0.360 e. The number of rotatable bonds is 1. The SMILES string of the molecule is O=S(c1c[nH]c2ccc(Cl)cc12)C(F)(F)F. The molecule has 0 aliphatic carbocycles. The Labute approximate surface area is 95.9 Å². The van der Waals surface area contributed by atoms with E-state index < -0.39 is 16.3 Å². The topological polar surface area (TPSA) is 32.9 Å². The Morgan fingerprint density at radius 1 is 1.31 bits per heavy atom. The average Bonchev–Trinajstić information content (AvgIpc) is 2.57. The zero-order valence-electron chi connectivity index (χ0n) is 7.64. The monoisotopic (exact) mass is 267 g/mol. The number of nitrogens with one attached hydrogen (secondary N) is 1. The number of H-pyrrole nitrogens is 1. The molecule has 2 nitrogen and oxygen atoms in total. The predicted molar refractivity (Wildman–Crippen MR) is 55.8 cm³/mol. The molecule has 1 N–H and O–H groups in total. The fraction of sp³-hybridized carbons (Fsp3) is 0.111. The van der Waals surface area contributed by atoms with E-state index in [1.165, 1.54) is 12.1 Å². The second kappa shape index (κ2) is 3.78. The molecular formula is C9H5ClF3NOS. The van der Waals surface area contributed by atoms with Gasteiger partial charge in [0.05, 0.1) is 4.90 Å². The van der Waals surface area contributed by atoms with Gasteiger partial charge in [-0.05, 0) is 18.2 Å². The van der Waals surface area contributed by atoms with E-state index in [2.05, 4.69) is 4.98 Å². The molecule has 1 aromatic heterocycles. The molecule has 0 saturated carbocycles. The van der Waals surface area contributed by atoms with Crippen LogP contribution in [0, 0.1) is 0 Å². The molecule has 1 unspecified atom stereocenters. The quantitative estimate of drug-likeness (QED) is 0.843. The van der Waals surface area contributed by atoms with Gasteiger partial charge in [0.25, 0.3) is 0 Å². The molecule has 16 heavy (non-hydrogen) atoms. The zero-order chi connectivity index (χ0) is 11.9. The van der Waals surface area contributed by atoms with Gasteiger partial charge in [0.15, 0.2) is 10.8 Å². The molecule has 2 rings (SSSR count). The van der Waals surface area contributed by atoms with Crippen LogP contribution in [-0.2, 0) is 10.8 Å². The number of aromatic amines is 1. The van der Waals surface area contributed by atoms with Crippen LogP contribution in [0.1, 0.15) is 0 Å². The molecule has 0 bridgehead atoms. The molecule has 2 aromatic rings. The lowest BCUT2D eigenvalue weighted by Crippen LogP contribution is -2.15. The van der Waals surface area contributed by atoms with Gasteiger partial charge < -0.3 is 4.98 Å². The molecule has 0 aliphatic rings. The van der Waals surface area contributed by atoms with Gasteiger partial charge in [0, 0.05) is 22.1 Å². The van der Waals surface area contributed by atoms with Gasteiger partial charge in [-0.3, -0.25) is 0 Å². The molecule has 86 valence electrons. The Kier molecular flexibility index (Phi) is 2.71. The fourth-order valence-corrected chi connectivity index (χ4v) is 2.30. The van der Waals surface area contributed by atoms with Crippen molar-refractivity contribution < 1.29 is 17.4 Å². The van der Waals surface area contributed by atoms with Crippen LogP contribution in [0.4, 0.5) is 13.2 Å². The zero-order valence-corrected chi connectivity index (χ0v) is 9.21. The van der Waals surface area contributed by atoms with Crippen LogP contribution < -0.4 is 0 Å². The van der Waals surface area contributed by atoms with Crippen LogP contribution in [0.5, 0.6) is 0 Å². The smallest absolute Gasteiger partial charge is 0.360 e. The van der Waals surface area contributed by atoms with Crippen LogP contribution in [0.25, 0.3) is 10.9 Å². The van der Waals surface area contributed by atoms with Crippen molar-refractivity contribution in [3.05, 3.63) is 29.4 Å². The summed E-state index contributed by atoms with van der Waals surface area (Å²) in [4.78, 5) is 2.32. The van der Waals surface area contributed by atoms with E-state index in [1.54, 1.807) is 6.07 Å². The van der Waals surface area contributed by atoms with Gasteiger partial charge >= 0.3 is 5.51 Å². The van der Waals surface area contributed by atoms with E-state index in [0.29, 0.717) is 10.5 Å². The highest BCUT2D eigenvalue weighted by Gasteiger charge is 2.39. The van der Waals surface area contributed by atoms with E-state index in [-0.39, 0.29) is 10.3 Å². The number of hydrogen-bond acceptors (Lipinski definition) is 1. The normalized spacial score (nSPS) is 14.2. The van der Waals surface area contributed by atoms with Gasteiger partial charge in [-0.25, -0.2) is 4.21 Å². The molecule has 1 atom stereocenters. The van der Waals surface area contributed by atoms with E-state index in [4.69, 9.17) is 11.6 Å². The van der Waals surface area contributed by atoms with Crippen molar-refractivity contribution >= 4 is 33.3 Å². The summed E-state index contributed by atoms with van der Waals surface area (Å²) >= 11 is 5.67. The summed E-state index contributed by atoms with van der Waals surface area (Å²) in [5.41, 5.74) is -4.30. The lowest BCUT2D eigenvalue weighted by atomic mass is 10.2. The third kappa shape index (κ3) is 1.94. The molecule has 0 fully saturated rings. The number of hydrogen-bond donors (Lipinski definition) is 1. The third-order valence-electron chi connectivity index (χ3n) is 2.02. The molecular weight excluding hydrogens is 263 g/mol. The highest BCUT2D eigenvalue weighted by molar-refractivity contribution is 7.86. The number of alkyl halides is 3. The number of fused-ring (bicyclic) bond motifs is 1. The maximum Gasteiger partial charge on any atom is 0.475 e. The molecule has 0 aliphatic heterocycles. The Morgan fingerprint density at radius 2 is 2.00 bits per heavy atom. The molecule has 7 heteroatoms. The average molecular weight is 268 g/mol. The molecule has 0 saturated heterocycles. The Morgan fingerprint density at radius 3 is 2.62 bits per heavy atom. The fourth-order valence-electron chi connectivity index (χ4n) is 1.35. The van der Waals surface area contributed by atoms with Crippen LogP contribution >= 0.6 is 11.6 Å². The van der Waals surface area contributed by atoms with E-state index >= 15 is 0 Å². The van der Waals surface area contributed by atoms with Gasteiger partial charge in [0.1, 0.15) is 0 Å². The van der Waals surface area contributed by atoms with Gasteiger partial charge in [-0.15, -0.1) is 0 Å². The first-order valence-corrected chi connectivity index (χ1v) is 5.67. The Hall–Kier alpha value is -1.01. The third-order valence-corrected chi connectivity index (χ3v) is 3.41. The van der Waals surface area contributed by atoms with Crippen LogP contribution in [0.2, 0.25) is 5.02 Å². The van der Waals surface area contributed by atoms with Gasteiger partial charge in [-0.2, -0.15) is 13.2 Å². The number of benzene rings is 1. The molecule has 0 spiro atoms. The van der Waals surface area contributed by atoms with Crippen LogP contribution in [-0.4, -0.2) is 14.7 Å².